The molecule has 0 saturated carbocycles. The number of pyridine rings is 2. The van der Waals surface area contributed by atoms with Crippen LogP contribution in [0.25, 0.3) is 34.1 Å². The van der Waals surface area contributed by atoms with Crippen molar-refractivity contribution in [2.75, 3.05) is 5.73 Å². The van der Waals surface area contributed by atoms with E-state index in [1.165, 1.54) is 17.1 Å². The summed E-state index contributed by atoms with van der Waals surface area (Å²) >= 11 is 1.22. The molecule has 0 spiro atoms. The average Bonchev–Trinajstić information content (AvgIpc) is 3.75. The number of hydrogen-bond acceptors (Lipinski definition) is 8. The van der Waals surface area contributed by atoms with Crippen molar-refractivity contribution in [1.82, 2.24) is 39.0 Å². The molecule has 3 N–H and O–H groups in total. The molecule has 0 fully saturated rings. The van der Waals surface area contributed by atoms with Gasteiger partial charge in [-0.1, -0.05) is 6.07 Å². The lowest BCUT2D eigenvalue weighted by Crippen LogP contribution is -2.26. The number of nitrogens with two attached hydrogens (primary N) is 1. The number of nitrogens with one attached hydrogen (secondary N) is 1. The lowest BCUT2D eigenvalue weighted by atomic mass is 10.1. The molecule has 1 aromatic carbocycles. The SMILES string of the molecule is Cc1cnsc1C(=O)N[C@H]1CCc2cc(-n3c(-c4cccnc4N)nc4ccc(-n5cccn5)nc43)ccc21. The normalized spacial score (nSPS) is 14.5. The van der Waals surface area contributed by atoms with Crippen LogP contribution in [0.15, 0.2) is 73.3 Å². The summed E-state index contributed by atoms with van der Waals surface area (Å²) in [6.45, 7) is 1.90. The number of hydrogen-bond donors (Lipinski definition) is 2. The van der Waals surface area contributed by atoms with Gasteiger partial charge in [-0.25, -0.2) is 24.0 Å². The molecule has 39 heavy (non-hydrogen) atoms. The second kappa shape index (κ2) is 9.14. The Morgan fingerprint density at radius 2 is 2.05 bits per heavy atom. The summed E-state index contributed by atoms with van der Waals surface area (Å²) in [4.78, 5) is 27.7. The highest BCUT2D eigenvalue weighted by molar-refractivity contribution is 7.08. The molecule has 0 unspecified atom stereocenters. The number of nitrogen functional groups attached to an aromatic ring is 1. The van der Waals surface area contributed by atoms with Gasteiger partial charge in [0.05, 0.1) is 11.6 Å². The molecule has 5 heterocycles. The first kappa shape index (κ1) is 23.2. The van der Waals surface area contributed by atoms with E-state index in [2.05, 4.69) is 31.9 Å². The van der Waals surface area contributed by atoms with Gasteiger partial charge in [-0.15, -0.1) is 0 Å². The number of anilines is 1. The Kier molecular flexibility index (Phi) is 5.44. The van der Waals surface area contributed by atoms with Crippen molar-refractivity contribution in [3.05, 3.63) is 94.9 Å². The predicted octanol–water partition coefficient (Wildman–Crippen LogP) is 4.43. The van der Waals surface area contributed by atoms with Gasteiger partial charge in [0.25, 0.3) is 5.91 Å². The van der Waals surface area contributed by atoms with Crippen LogP contribution < -0.4 is 11.1 Å². The van der Waals surface area contributed by atoms with Gasteiger partial charge in [0.2, 0.25) is 0 Å². The fourth-order valence-electron chi connectivity index (χ4n) is 5.14. The zero-order chi connectivity index (χ0) is 26.5. The maximum absolute atomic E-state index is 12.9. The molecule has 6 aromatic rings. The summed E-state index contributed by atoms with van der Waals surface area (Å²) in [7, 11) is 0. The highest BCUT2D eigenvalue weighted by Crippen LogP contribution is 2.36. The summed E-state index contributed by atoms with van der Waals surface area (Å²) in [5.41, 5.74) is 12.5. The number of rotatable bonds is 5. The van der Waals surface area contributed by atoms with E-state index < -0.39 is 0 Å². The van der Waals surface area contributed by atoms with E-state index in [0.29, 0.717) is 28.0 Å². The van der Waals surface area contributed by atoms with Crippen LogP contribution in [-0.4, -0.2) is 39.6 Å². The van der Waals surface area contributed by atoms with Crippen molar-refractivity contribution in [3.8, 4) is 22.9 Å². The fraction of sp³-hybridized carbons (Fsp3) is 0.143. The Morgan fingerprint density at radius 1 is 1.13 bits per heavy atom. The van der Waals surface area contributed by atoms with Gasteiger partial charge in [-0.05, 0) is 90.5 Å². The number of aryl methyl sites for hydroxylation is 2. The number of benzene rings is 1. The lowest BCUT2D eigenvalue weighted by Gasteiger charge is -2.15. The summed E-state index contributed by atoms with van der Waals surface area (Å²) in [5, 5.41) is 7.53. The van der Waals surface area contributed by atoms with Gasteiger partial charge < -0.3 is 11.1 Å². The molecule has 7 rings (SSSR count). The van der Waals surface area contributed by atoms with Gasteiger partial charge in [0, 0.05) is 30.5 Å². The largest absolute Gasteiger partial charge is 0.383 e. The number of carbonyl (C=O) groups is 1. The van der Waals surface area contributed by atoms with Crippen molar-refractivity contribution >= 4 is 34.4 Å². The summed E-state index contributed by atoms with van der Waals surface area (Å²) in [5.74, 6) is 1.65. The monoisotopic (exact) mass is 533 g/mol. The van der Waals surface area contributed by atoms with Gasteiger partial charge in [-0.3, -0.25) is 9.36 Å². The Hall–Kier alpha value is -4.90. The van der Waals surface area contributed by atoms with Crippen LogP contribution >= 0.6 is 11.5 Å². The molecule has 0 aliphatic heterocycles. The fourth-order valence-corrected chi connectivity index (χ4v) is 5.79. The second-order valence-corrected chi connectivity index (χ2v) is 10.3. The Morgan fingerprint density at radius 3 is 2.85 bits per heavy atom. The third-order valence-electron chi connectivity index (χ3n) is 7.03. The molecule has 1 aliphatic carbocycles. The molecular formula is C28H23N9OS. The summed E-state index contributed by atoms with van der Waals surface area (Å²) in [6, 6.07) is 15.7. The molecule has 11 heteroatoms. The van der Waals surface area contributed by atoms with Crippen molar-refractivity contribution in [3.63, 3.8) is 0 Å². The summed E-state index contributed by atoms with van der Waals surface area (Å²) in [6.07, 6.45) is 8.64. The zero-order valence-corrected chi connectivity index (χ0v) is 21.8. The number of amides is 1. The number of aromatic nitrogens is 7. The third-order valence-corrected chi connectivity index (χ3v) is 7.93. The molecule has 1 aliphatic rings. The van der Waals surface area contributed by atoms with E-state index >= 15 is 0 Å². The second-order valence-electron chi connectivity index (χ2n) is 9.46. The first-order valence-corrected chi connectivity index (χ1v) is 13.3. The van der Waals surface area contributed by atoms with E-state index in [1.807, 2.05) is 54.1 Å². The number of nitrogens with zero attached hydrogens (tertiary/aromatic N) is 7. The molecule has 5 aromatic heterocycles. The minimum atomic E-state index is -0.0813. The maximum atomic E-state index is 12.9. The standard InChI is InChI=1S/C28H23N9OS/c1-16-15-32-39-24(16)28(38)34-21-8-5-17-14-18(6-7-19(17)21)37-26(20-4-2-11-30-25(20)29)33-22-9-10-23(35-27(22)37)36-13-3-12-31-36/h2-4,6-7,9-15,21H,5,8H2,1H3,(H2,29,30)(H,34,38)/t21-/m0/s1. The van der Waals surface area contributed by atoms with Crippen molar-refractivity contribution in [1.29, 1.82) is 0 Å². The van der Waals surface area contributed by atoms with Gasteiger partial charge >= 0.3 is 0 Å². The highest BCUT2D eigenvalue weighted by atomic mass is 32.1. The van der Waals surface area contributed by atoms with Crippen LogP contribution in [0, 0.1) is 6.92 Å². The highest BCUT2D eigenvalue weighted by Gasteiger charge is 2.27. The van der Waals surface area contributed by atoms with E-state index in [1.54, 1.807) is 23.3 Å². The maximum Gasteiger partial charge on any atom is 0.263 e. The first-order chi connectivity index (χ1) is 19.1. The van der Waals surface area contributed by atoms with Crippen molar-refractivity contribution < 1.29 is 4.79 Å². The van der Waals surface area contributed by atoms with Crippen LogP contribution in [0.2, 0.25) is 0 Å². The first-order valence-electron chi connectivity index (χ1n) is 12.5. The van der Waals surface area contributed by atoms with E-state index in [4.69, 9.17) is 15.7 Å². The average molecular weight is 534 g/mol. The van der Waals surface area contributed by atoms with Crippen LogP contribution in [0.3, 0.4) is 0 Å². The van der Waals surface area contributed by atoms with Crippen LogP contribution in [0.1, 0.15) is 38.8 Å². The van der Waals surface area contributed by atoms with Gasteiger partial charge in [0.15, 0.2) is 17.3 Å². The lowest BCUT2D eigenvalue weighted by molar-refractivity contribution is 0.0940. The topological polar surface area (TPSA) is 129 Å². The minimum absolute atomic E-state index is 0.0550. The molecule has 192 valence electrons. The minimum Gasteiger partial charge on any atom is -0.383 e. The van der Waals surface area contributed by atoms with E-state index in [9.17, 15) is 4.79 Å². The molecule has 0 bridgehead atoms. The number of carbonyl (C=O) groups excluding carboxylic acids is 1. The number of imidazole rings is 1. The van der Waals surface area contributed by atoms with Gasteiger partial charge in [0.1, 0.15) is 16.2 Å². The molecular weight excluding hydrogens is 510 g/mol. The molecule has 0 saturated heterocycles. The Balaban J connectivity index is 1.33. The Bertz CT molecular complexity index is 1850. The van der Waals surface area contributed by atoms with Crippen LogP contribution in [0.5, 0.6) is 0 Å². The Labute approximate surface area is 227 Å². The quantitative estimate of drug-likeness (QED) is 0.335. The molecule has 0 radical (unpaired) electrons. The van der Waals surface area contributed by atoms with E-state index in [-0.39, 0.29) is 11.9 Å². The third kappa shape index (κ3) is 3.94. The van der Waals surface area contributed by atoms with E-state index in [0.717, 1.165) is 40.7 Å². The smallest absolute Gasteiger partial charge is 0.263 e. The summed E-state index contributed by atoms with van der Waals surface area (Å²) < 4.78 is 7.87. The molecule has 1 amide bonds. The predicted molar refractivity (Wildman–Crippen MR) is 149 cm³/mol. The van der Waals surface area contributed by atoms with Crippen LogP contribution in [-0.2, 0) is 6.42 Å². The zero-order valence-electron chi connectivity index (χ0n) is 20.9. The number of fused-ring (bicyclic) bond motifs is 2. The van der Waals surface area contributed by atoms with Crippen molar-refractivity contribution in [2.24, 2.45) is 0 Å². The van der Waals surface area contributed by atoms with Crippen LogP contribution in [0.4, 0.5) is 5.82 Å². The molecule has 10 nitrogen and oxygen atoms in total. The van der Waals surface area contributed by atoms with Gasteiger partial charge in [-0.2, -0.15) is 5.10 Å². The molecule has 1 atom stereocenters. The van der Waals surface area contributed by atoms with Crippen molar-refractivity contribution in [2.45, 2.75) is 25.8 Å².